The number of primary amides is 1. The lowest BCUT2D eigenvalue weighted by Gasteiger charge is -2.30. The fourth-order valence-electron chi connectivity index (χ4n) is 4.47. The summed E-state index contributed by atoms with van der Waals surface area (Å²) in [6, 6.07) is 7.90. The van der Waals surface area contributed by atoms with Gasteiger partial charge in [0.15, 0.2) is 5.82 Å². The van der Waals surface area contributed by atoms with Crippen LogP contribution >= 0.6 is 11.6 Å². The van der Waals surface area contributed by atoms with Gasteiger partial charge < -0.3 is 11.1 Å². The molecular weight excluding hydrogens is 441 g/mol. The SMILES string of the molecule is Cc1ccc2c(NCC3CCC(c4cc(C(F)(F)F)cc(C(N)=O)c4Cl)CC3)n[nH]c2c1. The van der Waals surface area contributed by atoms with Gasteiger partial charge in [0.2, 0.25) is 5.91 Å². The van der Waals surface area contributed by atoms with Gasteiger partial charge in [-0.05, 0) is 79.8 Å². The molecule has 1 aliphatic carbocycles. The van der Waals surface area contributed by atoms with Crippen molar-refractivity contribution in [2.45, 2.75) is 44.7 Å². The molecule has 5 nitrogen and oxygen atoms in total. The number of aryl methyl sites for hydroxylation is 1. The highest BCUT2D eigenvalue weighted by atomic mass is 35.5. The smallest absolute Gasteiger partial charge is 0.368 e. The van der Waals surface area contributed by atoms with Crippen LogP contribution in [0.1, 0.15) is 58.6 Å². The lowest BCUT2D eigenvalue weighted by Crippen LogP contribution is -2.22. The number of amides is 1. The average molecular weight is 465 g/mol. The van der Waals surface area contributed by atoms with E-state index in [1.807, 2.05) is 25.1 Å². The lowest BCUT2D eigenvalue weighted by atomic mass is 9.78. The number of nitrogens with one attached hydrogen (secondary N) is 2. The Morgan fingerprint density at radius 3 is 2.59 bits per heavy atom. The Hall–Kier alpha value is -2.74. The maximum Gasteiger partial charge on any atom is 0.416 e. The number of carbonyl (C=O) groups excluding carboxylic acids is 1. The van der Waals surface area contributed by atoms with Gasteiger partial charge in [0.1, 0.15) is 0 Å². The van der Waals surface area contributed by atoms with Crippen LogP contribution in [0.15, 0.2) is 30.3 Å². The molecule has 1 amide bonds. The number of benzene rings is 2. The zero-order valence-electron chi connectivity index (χ0n) is 17.5. The zero-order valence-corrected chi connectivity index (χ0v) is 18.3. The first kappa shape index (κ1) is 22.5. The normalized spacial score (nSPS) is 19.3. The van der Waals surface area contributed by atoms with Crippen molar-refractivity contribution in [2.75, 3.05) is 11.9 Å². The van der Waals surface area contributed by atoms with E-state index in [0.29, 0.717) is 24.3 Å². The summed E-state index contributed by atoms with van der Waals surface area (Å²) in [5, 5.41) is 11.8. The molecule has 170 valence electrons. The van der Waals surface area contributed by atoms with Crippen molar-refractivity contribution in [3.05, 3.63) is 57.6 Å². The van der Waals surface area contributed by atoms with E-state index in [4.69, 9.17) is 17.3 Å². The zero-order chi connectivity index (χ0) is 23.0. The number of aromatic nitrogens is 2. The van der Waals surface area contributed by atoms with Crippen molar-refractivity contribution < 1.29 is 18.0 Å². The lowest BCUT2D eigenvalue weighted by molar-refractivity contribution is -0.137. The molecule has 1 saturated carbocycles. The van der Waals surface area contributed by atoms with Crippen molar-refractivity contribution in [1.29, 1.82) is 0 Å². The third kappa shape index (κ3) is 4.55. The van der Waals surface area contributed by atoms with E-state index in [1.54, 1.807) is 0 Å². The fourth-order valence-corrected chi connectivity index (χ4v) is 4.83. The Morgan fingerprint density at radius 2 is 1.94 bits per heavy atom. The maximum absolute atomic E-state index is 13.3. The van der Waals surface area contributed by atoms with Gasteiger partial charge in [-0.25, -0.2) is 0 Å². The summed E-state index contributed by atoms with van der Waals surface area (Å²) >= 11 is 6.30. The summed E-state index contributed by atoms with van der Waals surface area (Å²) in [6.07, 6.45) is -1.54. The first-order valence-corrected chi connectivity index (χ1v) is 10.9. The van der Waals surface area contributed by atoms with Gasteiger partial charge in [-0.1, -0.05) is 17.7 Å². The number of hydrogen-bond acceptors (Lipinski definition) is 3. The minimum absolute atomic E-state index is 0.0327. The van der Waals surface area contributed by atoms with E-state index in [0.717, 1.165) is 53.8 Å². The molecule has 1 aromatic heterocycles. The van der Waals surface area contributed by atoms with Crippen molar-refractivity contribution in [2.24, 2.45) is 11.7 Å². The predicted molar refractivity (Wildman–Crippen MR) is 119 cm³/mol. The molecule has 0 saturated heterocycles. The van der Waals surface area contributed by atoms with Crippen molar-refractivity contribution in [3.8, 4) is 0 Å². The van der Waals surface area contributed by atoms with E-state index < -0.39 is 17.6 Å². The van der Waals surface area contributed by atoms with Crippen LogP contribution < -0.4 is 11.1 Å². The first-order valence-electron chi connectivity index (χ1n) is 10.5. The molecule has 4 rings (SSSR count). The number of H-pyrrole nitrogens is 1. The number of rotatable bonds is 5. The summed E-state index contributed by atoms with van der Waals surface area (Å²) in [4.78, 5) is 11.7. The number of hydrogen-bond donors (Lipinski definition) is 3. The third-order valence-electron chi connectivity index (χ3n) is 6.26. The topological polar surface area (TPSA) is 83.8 Å². The summed E-state index contributed by atoms with van der Waals surface area (Å²) in [5.41, 5.74) is 6.58. The van der Waals surface area contributed by atoms with Crippen LogP contribution in [-0.4, -0.2) is 22.6 Å². The first-order chi connectivity index (χ1) is 15.1. The van der Waals surface area contributed by atoms with Crippen LogP contribution in [0.2, 0.25) is 5.02 Å². The number of halogens is 4. The molecule has 0 aliphatic heterocycles. The summed E-state index contributed by atoms with van der Waals surface area (Å²) in [6.45, 7) is 2.75. The highest BCUT2D eigenvalue weighted by molar-refractivity contribution is 6.34. The van der Waals surface area contributed by atoms with Gasteiger partial charge in [-0.15, -0.1) is 0 Å². The molecule has 4 N–H and O–H groups in total. The number of nitrogens with zero attached hydrogens (tertiary/aromatic N) is 1. The number of fused-ring (bicyclic) bond motifs is 1. The van der Waals surface area contributed by atoms with Gasteiger partial charge in [-0.2, -0.15) is 18.3 Å². The van der Waals surface area contributed by atoms with Crippen LogP contribution in [-0.2, 0) is 6.18 Å². The molecule has 2 aromatic carbocycles. The van der Waals surface area contributed by atoms with Gasteiger partial charge in [0, 0.05) is 11.9 Å². The minimum Gasteiger partial charge on any atom is -0.368 e. The van der Waals surface area contributed by atoms with Gasteiger partial charge in [-0.3, -0.25) is 9.89 Å². The van der Waals surface area contributed by atoms with Crippen LogP contribution in [0.25, 0.3) is 10.9 Å². The molecule has 1 aliphatic rings. The maximum atomic E-state index is 13.3. The summed E-state index contributed by atoms with van der Waals surface area (Å²) < 4.78 is 40.0. The molecule has 0 bridgehead atoms. The van der Waals surface area contributed by atoms with Gasteiger partial charge in [0.05, 0.1) is 21.7 Å². The molecule has 3 aromatic rings. The Kier molecular flexibility index (Phi) is 6.07. The number of carbonyl (C=O) groups is 1. The Morgan fingerprint density at radius 1 is 1.22 bits per heavy atom. The molecule has 1 heterocycles. The standard InChI is InChI=1S/C23H24ClF3N4O/c1-12-2-7-16-19(8-12)30-31-22(16)29-11-13-3-5-14(6-4-13)17-9-15(23(25,26)27)10-18(20(17)24)21(28)32/h2,7-10,13-14H,3-6,11H2,1H3,(H2,28,32)(H2,29,30,31). The Labute approximate surface area is 188 Å². The van der Waals surface area contributed by atoms with E-state index in [-0.39, 0.29) is 16.5 Å². The van der Waals surface area contributed by atoms with Crippen molar-refractivity contribution >= 4 is 34.2 Å². The van der Waals surface area contributed by atoms with E-state index in [9.17, 15) is 18.0 Å². The Bertz CT molecular complexity index is 1150. The molecule has 1 fully saturated rings. The molecule has 9 heteroatoms. The number of nitrogens with two attached hydrogens (primary N) is 1. The largest absolute Gasteiger partial charge is 0.416 e. The highest BCUT2D eigenvalue weighted by Crippen LogP contribution is 2.42. The molecule has 0 radical (unpaired) electrons. The van der Waals surface area contributed by atoms with Gasteiger partial charge in [0.25, 0.3) is 0 Å². The monoisotopic (exact) mass is 464 g/mol. The van der Waals surface area contributed by atoms with Crippen LogP contribution in [0.4, 0.5) is 19.0 Å². The number of alkyl halides is 3. The van der Waals surface area contributed by atoms with Crippen LogP contribution in [0.3, 0.4) is 0 Å². The number of aromatic amines is 1. The average Bonchev–Trinajstić information content (AvgIpc) is 3.13. The predicted octanol–water partition coefficient (Wildman–Crippen LogP) is 6.03. The third-order valence-corrected chi connectivity index (χ3v) is 6.68. The second kappa shape index (κ2) is 8.65. The van der Waals surface area contributed by atoms with Crippen LogP contribution in [0.5, 0.6) is 0 Å². The van der Waals surface area contributed by atoms with E-state index in [1.165, 1.54) is 0 Å². The highest BCUT2D eigenvalue weighted by Gasteiger charge is 2.34. The summed E-state index contributed by atoms with van der Waals surface area (Å²) in [7, 11) is 0. The van der Waals surface area contributed by atoms with E-state index >= 15 is 0 Å². The molecule has 0 spiro atoms. The van der Waals surface area contributed by atoms with Crippen molar-refractivity contribution in [1.82, 2.24) is 10.2 Å². The summed E-state index contributed by atoms with van der Waals surface area (Å²) in [5.74, 6) is 0.0628. The minimum atomic E-state index is -4.57. The van der Waals surface area contributed by atoms with Crippen molar-refractivity contribution in [3.63, 3.8) is 0 Å². The number of anilines is 1. The molecule has 0 unspecified atom stereocenters. The molecule has 0 atom stereocenters. The molecule has 32 heavy (non-hydrogen) atoms. The Balaban J connectivity index is 1.44. The van der Waals surface area contributed by atoms with Crippen LogP contribution in [0, 0.1) is 12.8 Å². The second-order valence-corrected chi connectivity index (χ2v) is 8.89. The second-order valence-electron chi connectivity index (χ2n) is 8.51. The molecular formula is C23H24ClF3N4O. The quantitative estimate of drug-likeness (QED) is 0.431. The van der Waals surface area contributed by atoms with Gasteiger partial charge >= 0.3 is 6.18 Å². The fraction of sp³-hybridized carbons (Fsp3) is 0.391. The van der Waals surface area contributed by atoms with E-state index in [2.05, 4.69) is 15.5 Å².